The highest BCUT2D eigenvalue weighted by molar-refractivity contribution is 6.04. The Morgan fingerprint density at radius 2 is 2.14 bits per heavy atom. The van der Waals surface area contributed by atoms with Crippen molar-refractivity contribution in [3.05, 3.63) is 35.6 Å². The Hall–Kier alpha value is -2.44. The molecular weight excluding hydrogens is 277 g/mol. The fourth-order valence-electron chi connectivity index (χ4n) is 2.12. The first-order chi connectivity index (χ1) is 9.97. The maximum Gasteiger partial charge on any atom is 0.325 e. The monoisotopic (exact) mass is 293 g/mol. The van der Waals surface area contributed by atoms with Crippen molar-refractivity contribution in [1.82, 2.24) is 15.5 Å². The SMILES string of the molecule is CC(Cc1ccccc1F)NC(=O)CN1C(=O)CNC1=O. The lowest BCUT2D eigenvalue weighted by molar-refractivity contribution is -0.130. The molecule has 0 saturated carbocycles. The summed E-state index contributed by atoms with van der Waals surface area (Å²) in [7, 11) is 0. The van der Waals surface area contributed by atoms with E-state index in [0.29, 0.717) is 12.0 Å². The molecule has 0 aliphatic carbocycles. The van der Waals surface area contributed by atoms with Gasteiger partial charge < -0.3 is 10.6 Å². The fourth-order valence-corrected chi connectivity index (χ4v) is 2.12. The number of hydrogen-bond donors (Lipinski definition) is 2. The van der Waals surface area contributed by atoms with Gasteiger partial charge in [-0.1, -0.05) is 18.2 Å². The molecule has 2 N–H and O–H groups in total. The van der Waals surface area contributed by atoms with Crippen molar-refractivity contribution in [1.29, 1.82) is 0 Å². The van der Waals surface area contributed by atoms with Gasteiger partial charge in [-0.15, -0.1) is 0 Å². The van der Waals surface area contributed by atoms with E-state index in [1.54, 1.807) is 25.1 Å². The Bertz CT molecular complexity index is 560. The molecule has 21 heavy (non-hydrogen) atoms. The molecule has 0 bridgehead atoms. The molecule has 1 aliphatic rings. The average Bonchev–Trinajstić information content (AvgIpc) is 2.73. The number of amides is 4. The van der Waals surface area contributed by atoms with Crippen LogP contribution in [0.1, 0.15) is 12.5 Å². The summed E-state index contributed by atoms with van der Waals surface area (Å²) < 4.78 is 13.5. The lowest BCUT2D eigenvalue weighted by Gasteiger charge is -2.17. The molecule has 1 aromatic rings. The molecule has 2 rings (SSSR count). The zero-order valence-corrected chi connectivity index (χ0v) is 11.6. The number of rotatable bonds is 5. The van der Waals surface area contributed by atoms with Crippen molar-refractivity contribution >= 4 is 17.8 Å². The standard InChI is InChI=1S/C14H16FN3O3/c1-9(6-10-4-2-3-5-11(10)15)17-12(19)8-18-13(20)7-16-14(18)21/h2-5,9H,6-8H2,1H3,(H,16,21)(H,17,19). The number of nitrogens with one attached hydrogen (secondary N) is 2. The predicted octanol–water partition coefficient (Wildman–Crippen LogP) is 0.425. The van der Waals surface area contributed by atoms with Gasteiger partial charge >= 0.3 is 6.03 Å². The van der Waals surface area contributed by atoms with Gasteiger partial charge in [-0.25, -0.2) is 9.18 Å². The molecule has 4 amide bonds. The van der Waals surface area contributed by atoms with E-state index in [-0.39, 0.29) is 24.9 Å². The second-order valence-electron chi connectivity index (χ2n) is 4.90. The Kier molecular flexibility index (Phi) is 4.52. The molecule has 1 atom stereocenters. The number of urea groups is 1. The number of carbonyl (C=O) groups excluding carboxylic acids is 3. The lowest BCUT2D eigenvalue weighted by Crippen LogP contribution is -2.44. The minimum absolute atomic E-state index is 0.0864. The van der Waals surface area contributed by atoms with E-state index in [1.807, 2.05) is 0 Å². The summed E-state index contributed by atoms with van der Waals surface area (Å²) in [5.74, 6) is -1.21. The van der Waals surface area contributed by atoms with Gasteiger partial charge in [0, 0.05) is 6.04 Å². The van der Waals surface area contributed by atoms with Crippen molar-refractivity contribution in [2.45, 2.75) is 19.4 Å². The third-order valence-electron chi connectivity index (χ3n) is 3.13. The minimum Gasteiger partial charge on any atom is -0.352 e. The Balaban J connectivity index is 1.86. The molecule has 0 aromatic heterocycles. The largest absolute Gasteiger partial charge is 0.352 e. The Labute approximate surface area is 121 Å². The Morgan fingerprint density at radius 1 is 1.43 bits per heavy atom. The summed E-state index contributed by atoms with van der Waals surface area (Å²) in [6.07, 6.45) is 0.332. The molecule has 1 saturated heterocycles. The van der Waals surface area contributed by atoms with Crippen molar-refractivity contribution in [3.8, 4) is 0 Å². The lowest BCUT2D eigenvalue weighted by atomic mass is 10.1. The molecule has 112 valence electrons. The quantitative estimate of drug-likeness (QED) is 0.773. The van der Waals surface area contributed by atoms with Crippen LogP contribution in [0.3, 0.4) is 0 Å². The van der Waals surface area contributed by atoms with Crippen LogP contribution in [-0.4, -0.2) is 41.9 Å². The van der Waals surface area contributed by atoms with Crippen LogP contribution in [0.4, 0.5) is 9.18 Å². The molecule has 0 radical (unpaired) electrons. The number of imide groups is 1. The normalized spacial score (nSPS) is 15.8. The van der Waals surface area contributed by atoms with Gasteiger partial charge in [0.05, 0.1) is 6.54 Å². The van der Waals surface area contributed by atoms with Crippen LogP contribution in [0.5, 0.6) is 0 Å². The van der Waals surface area contributed by atoms with Crippen LogP contribution >= 0.6 is 0 Å². The van der Waals surface area contributed by atoms with E-state index in [0.717, 1.165) is 4.90 Å². The molecule has 7 heteroatoms. The summed E-state index contributed by atoms with van der Waals surface area (Å²) in [4.78, 5) is 35.3. The van der Waals surface area contributed by atoms with Crippen LogP contribution < -0.4 is 10.6 Å². The van der Waals surface area contributed by atoms with Crippen LogP contribution in [-0.2, 0) is 16.0 Å². The van der Waals surface area contributed by atoms with Crippen molar-refractivity contribution in [2.75, 3.05) is 13.1 Å². The van der Waals surface area contributed by atoms with E-state index in [1.165, 1.54) is 6.07 Å². The number of nitrogens with zero attached hydrogens (tertiary/aromatic N) is 1. The van der Waals surface area contributed by atoms with Crippen molar-refractivity contribution < 1.29 is 18.8 Å². The molecule has 6 nitrogen and oxygen atoms in total. The first-order valence-corrected chi connectivity index (χ1v) is 6.58. The maximum atomic E-state index is 13.5. The summed E-state index contributed by atoms with van der Waals surface area (Å²) in [5.41, 5.74) is 0.500. The summed E-state index contributed by atoms with van der Waals surface area (Å²) in [6, 6.07) is 5.44. The van der Waals surface area contributed by atoms with Crippen LogP contribution in [0.2, 0.25) is 0 Å². The second kappa shape index (κ2) is 6.34. The topological polar surface area (TPSA) is 78.5 Å². The zero-order valence-electron chi connectivity index (χ0n) is 11.6. The van der Waals surface area contributed by atoms with Gasteiger partial charge in [-0.2, -0.15) is 0 Å². The highest BCUT2D eigenvalue weighted by Gasteiger charge is 2.30. The van der Waals surface area contributed by atoms with Crippen LogP contribution in [0.25, 0.3) is 0 Å². The summed E-state index contributed by atoms with van der Waals surface area (Å²) in [6.45, 7) is 1.32. The highest BCUT2D eigenvalue weighted by Crippen LogP contribution is 2.09. The number of hydrogen-bond acceptors (Lipinski definition) is 3. The molecule has 1 heterocycles. The molecule has 0 spiro atoms. The van der Waals surface area contributed by atoms with Crippen molar-refractivity contribution in [3.63, 3.8) is 0 Å². The summed E-state index contributed by atoms with van der Waals surface area (Å²) >= 11 is 0. The first-order valence-electron chi connectivity index (χ1n) is 6.58. The van der Waals surface area contributed by atoms with Gasteiger partial charge in [0.15, 0.2) is 0 Å². The number of carbonyl (C=O) groups is 3. The van der Waals surface area contributed by atoms with E-state index >= 15 is 0 Å². The van der Waals surface area contributed by atoms with E-state index in [9.17, 15) is 18.8 Å². The molecule has 1 fully saturated rings. The summed E-state index contributed by atoms with van der Waals surface area (Å²) in [5, 5.41) is 4.98. The van der Waals surface area contributed by atoms with Gasteiger partial charge in [0.25, 0.3) is 5.91 Å². The fraction of sp³-hybridized carbons (Fsp3) is 0.357. The van der Waals surface area contributed by atoms with E-state index in [4.69, 9.17) is 0 Å². The number of benzene rings is 1. The van der Waals surface area contributed by atoms with Gasteiger partial charge in [0.1, 0.15) is 12.4 Å². The molecule has 1 aliphatic heterocycles. The average molecular weight is 293 g/mol. The molecule has 1 aromatic carbocycles. The zero-order chi connectivity index (χ0) is 15.4. The molecular formula is C14H16FN3O3. The second-order valence-corrected chi connectivity index (χ2v) is 4.90. The molecule has 1 unspecified atom stereocenters. The van der Waals surface area contributed by atoms with E-state index < -0.39 is 17.8 Å². The van der Waals surface area contributed by atoms with Crippen molar-refractivity contribution in [2.24, 2.45) is 0 Å². The van der Waals surface area contributed by atoms with Gasteiger partial charge in [0.2, 0.25) is 5.91 Å². The van der Waals surface area contributed by atoms with Crippen LogP contribution in [0, 0.1) is 5.82 Å². The third-order valence-corrected chi connectivity index (χ3v) is 3.13. The highest BCUT2D eigenvalue weighted by atomic mass is 19.1. The third kappa shape index (κ3) is 3.77. The smallest absolute Gasteiger partial charge is 0.325 e. The first kappa shape index (κ1) is 15.0. The maximum absolute atomic E-state index is 13.5. The minimum atomic E-state index is -0.572. The Morgan fingerprint density at radius 3 is 2.76 bits per heavy atom. The van der Waals surface area contributed by atoms with E-state index in [2.05, 4.69) is 10.6 Å². The van der Waals surface area contributed by atoms with Crippen LogP contribution in [0.15, 0.2) is 24.3 Å². The number of halogens is 1. The van der Waals surface area contributed by atoms with Gasteiger partial charge in [-0.05, 0) is 25.0 Å². The predicted molar refractivity (Wildman–Crippen MR) is 72.8 cm³/mol. The van der Waals surface area contributed by atoms with Gasteiger partial charge in [-0.3, -0.25) is 14.5 Å².